The predicted octanol–water partition coefficient (Wildman–Crippen LogP) is 4.33. The average molecular weight is 388 g/mol. The van der Waals surface area contributed by atoms with Crippen LogP contribution in [0, 0.1) is 6.92 Å². The van der Waals surface area contributed by atoms with Gasteiger partial charge in [-0.15, -0.1) is 0 Å². The number of carbonyl (C=O) groups is 1. The topological polar surface area (TPSA) is 44.4 Å². The Kier molecular flexibility index (Phi) is 5.41. The summed E-state index contributed by atoms with van der Waals surface area (Å²) in [5.74, 6) is 0. The standard InChI is InChI=1S/C19H22BrN3O/c1-14-8-9-18-15(13-14)5-4-11-23(18)12-10-21-19(24)22-17-7-3-2-6-16(17)20/h2-3,6-9,13H,4-5,10-12H2,1H3,(H2,21,22,24). The van der Waals surface area contributed by atoms with Crippen LogP contribution in [-0.4, -0.2) is 25.7 Å². The minimum atomic E-state index is -0.178. The Labute approximate surface area is 151 Å². The molecule has 126 valence electrons. The molecule has 0 saturated carbocycles. The van der Waals surface area contributed by atoms with Crippen molar-refractivity contribution in [3.8, 4) is 0 Å². The van der Waals surface area contributed by atoms with Gasteiger partial charge in [-0.2, -0.15) is 0 Å². The van der Waals surface area contributed by atoms with Crippen molar-refractivity contribution in [1.82, 2.24) is 5.32 Å². The first-order chi connectivity index (χ1) is 11.6. The molecule has 5 heteroatoms. The van der Waals surface area contributed by atoms with E-state index < -0.39 is 0 Å². The molecule has 0 aromatic heterocycles. The summed E-state index contributed by atoms with van der Waals surface area (Å²) in [6, 6.07) is 14.0. The minimum absolute atomic E-state index is 0.178. The maximum Gasteiger partial charge on any atom is 0.319 e. The number of fused-ring (bicyclic) bond motifs is 1. The second kappa shape index (κ2) is 7.71. The van der Waals surface area contributed by atoms with Gasteiger partial charge in [0, 0.05) is 29.8 Å². The van der Waals surface area contributed by atoms with E-state index in [0.29, 0.717) is 6.54 Å². The Hall–Kier alpha value is -2.01. The van der Waals surface area contributed by atoms with Crippen molar-refractivity contribution >= 4 is 33.3 Å². The molecule has 2 N–H and O–H groups in total. The van der Waals surface area contributed by atoms with Crippen molar-refractivity contribution < 1.29 is 4.79 Å². The number of amides is 2. The largest absolute Gasteiger partial charge is 0.370 e. The first kappa shape index (κ1) is 16.8. The van der Waals surface area contributed by atoms with Crippen LogP contribution in [0.4, 0.5) is 16.2 Å². The molecular weight excluding hydrogens is 366 g/mol. The van der Waals surface area contributed by atoms with Crippen LogP contribution in [0.1, 0.15) is 17.5 Å². The van der Waals surface area contributed by atoms with Crippen LogP contribution in [0.2, 0.25) is 0 Å². The first-order valence-corrected chi connectivity index (χ1v) is 9.06. The summed E-state index contributed by atoms with van der Waals surface area (Å²) in [5, 5.41) is 5.79. The maximum absolute atomic E-state index is 12.0. The van der Waals surface area contributed by atoms with Crippen molar-refractivity contribution in [2.45, 2.75) is 19.8 Å². The van der Waals surface area contributed by atoms with Crippen LogP contribution in [-0.2, 0) is 6.42 Å². The molecule has 0 spiro atoms. The van der Waals surface area contributed by atoms with Crippen molar-refractivity contribution in [2.75, 3.05) is 29.9 Å². The third-order valence-corrected chi connectivity index (χ3v) is 4.93. The lowest BCUT2D eigenvalue weighted by atomic mass is 10.00. The Morgan fingerprint density at radius 1 is 1.25 bits per heavy atom. The van der Waals surface area contributed by atoms with Crippen LogP contribution in [0.25, 0.3) is 0 Å². The highest BCUT2D eigenvalue weighted by molar-refractivity contribution is 9.10. The summed E-state index contributed by atoms with van der Waals surface area (Å²) in [6.07, 6.45) is 2.31. The van der Waals surface area contributed by atoms with Crippen molar-refractivity contribution in [3.05, 3.63) is 58.1 Å². The van der Waals surface area contributed by atoms with Crippen molar-refractivity contribution in [1.29, 1.82) is 0 Å². The zero-order valence-corrected chi connectivity index (χ0v) is 15.4. The Bertz CT molecular complexity index is 732. The van der Waals surface area contributed by atoms with E-state index in [1.165, 1.54) is 23.2 Å². The number of para-hydroxylation sites is 1. The normalized spacial score (nSPS) is 13.3. The quantitative estimate of drug-likeness (QED) is 0.819. The summed E-state index contributed by atoms with van der Waals surface area (Å²) in [7, 11) is 0. The molecule has 0 bridgehead atoms. The van der Waals surface area contributed by atoms with Gasteiger partial charge >= 0.3 is 6.03 Å². The second-order valence-electron chi connectivity index (χ2n) is 6.08. The molecule has 1 aliphatic heterocycles. The Morgan fingerprint density at radius 2 is 2.08 bits per heavy atom. The molecular formula is C19H22BrN3O. The fourth-order valence-corrected chi connectivity index (χ4v) is 3.45. The summed E-state index contributed by atoms with van der Waals surface area (Å²) < 4.78 is 0.875. The number of halogens is 1. The summed E-state index contributed by atoms with van der Waals surface area (Å²) in [6.45, 7) is 4.61. The third kappa shape index (κ3) is 4.09. The zero-order valence-electron chi connectivity index (χ0n) is 13.8. The van der Waals surface area contributed by atoms with E-state index in [0.717, 1.165) is 29.7 Å². The van der Waals surface area contributed by atoms with Gasteiger partial charge < -0.3 is 15.5 Å². The van der Waals surface area contributed by atoms with Gasteiger partial charge in [0.15, 0.2) is 0 Å². The van der Waals surface area contributed by atoms with Gasteiger partial charge in [-0.1, -0.05) is 29.8 Å². The number of urea groups is 1. The number of hydrogen-bond acceptors (Lipinski definition) is 2. The molecule has 24 heavy (non-hydrogen) atoms. The van der Waals surface area contributed by atoms with E-state index in [1.54, 1.807) is 0 Å². The molecule has 0 unspecified atom stereocenters. The van der Waals surface area contributed by atoms with Gasteiger partial charge in [-0.25, -0.2) is 4.79 Å². The molecule has 1 aliphatic rings. The van der Waals surface area contributed by atoms with E-state index in [-0.39, 0.29) is 6.03 Å². The monoisotopic (exact) mass is 387 g/mol. The molecule has 2 aromatic rings. The highest BCUT2D eigenvalue weighted by Crippen LogP contribution is 2.27. The van der Waals surface area contributed by atoms with Gasteiger partial charge in [0.05, 0.1) is 5.69 Å². The molecule has 0 fully saturated rings. The molecule has 2 amide bonds. The number of nitrogens with zero attached hydrogens (tertiary/aromatic N) is 1. The molecule has 0 atom stereocenters. The van der Waals surface area contributed by atoms with Crippen LogP contribution >= 0.6 is 15.9 Å². The van der Waals surface area contributed by atoms with Crippen LogP contribution in [0.15, 0.2) is 46.9 Å². The van der Waals surface area contributed by atoms with Gasteiger partial charge in [0.2, 0.25) is 0 Å². The SMILES string of the molecule is Cc1ccc2c(c1)CCCN2CCNC(=O)Nc1ccccc1Br. The number of carbonyl (C=O) groups excluding carboxylic acids is 1. The molecule has 1 heterocycles. The number of aryl methyl sites for hydroxylation is 2. The lowest BCUT2D eigenvalue weighted by Crippen LogP contribution is -2.39. The first-order valence-electron chi connectivity index (χ1n) is 8.27. The summed E-state index contributed by atoms with van der Waals surface area (Å²) >= 11 is 3.43. The third-order valence-electron chi connectivity index (χ3n) is 4.24. The lowest BCUT2D eigenvalue weighted by molar-refractivity contribution is 0.252. The highest BCUT2D eigenvalue weighted by atomic mass is 79.9. The van der Waals surface area contributed by atoms with Crippen LogP contribution < -0.4 is 15.5 Å². The average Bonchev–Trinajstić information content (AvgIpc) is 2.57. The molecule has 4 nitrogen and oxygen atoms in total. The van der Waals surface area contributed by atoms with Crippen molar-refractivity contribution in [2.24, 2.45) is 0 Å². The molecule has 0 aliphatic carbocycles. The molecule has 3 rings (SSSR count). The minimum Gasteiger partial charge on any atom is -0.370 e. The predicted molar refractivity (Wildman–Crippen MR) is 103 cm³/mol. The number of rotatable bonds is 4. The van der Waals surface area contributed by atoms with E-state index in [4.69, 9.17) is 0 Å². The van der Waals surface area contributed by atoms with E-state index in [9.17, 15) is 4.79 Å². The number of nitrogens with one attached hydrogen (secondary N) is 2. The zero-order chi connectivity index (χ0) is 16.9. The molecule has 0 radical (unpaired) electrons. The second-order valence-corrected chi connectivity index (χ2v) is 6.94. The number of benzene rings is 2. The van der Waals surface area contributed by atoms with E-state index in [1.807, 2.05) is 24.3 Å². The van der Waals surface area contributed by atoms with Crippen molar-refractivity contribution in [3.63, 3.8) is 0 Å². The van der Waals surface area contributed by atoms with Crippen LogP contribution in [0.3, 0.4) is 0 Å². The van der Waals surface area contributed by atoms with Gasteiger partial charge in [0.25, 0.3) is 0 Å². The van der Waals surface area contributed by atoms with Crippen LogP contribution in [0.5, 0.6) is 0 Å². The Balaban J connectivity index is 1.52. The Morgan fingerprint density at radius 3 is 2.92 bits per heavy atom. The summed E-state index contributed by atoms with van der Waals surface area (Å²) in [4.78, 5) is 14.4. The number of hydrogen-bond donors (Lipinski definition) is 2. The van der Waals surface area contributed by atoms with Gasteiger partial charge in [0.1, 0.15) is 0 Å². The lowest BCUT2D eigenvalue weighted by Gasteiger charge is -2.31. The van der Waals surface area contributed by atoms with Gasteiger partial charge in [-0.05, 0) is 59.5 Å². The fourth-order valence-electron chi connectivity index (χ4n) is 3.07. The smallest absolute Gasteiger partial charge is 0.319 e. The van der Waals surface area contributed by atoms with E-state index >= 15 is 0 Å². The molecule has 0 saturated heterocycles. The number of anilines is 2. The summed E-state index contributed by atoms with van der Waals surface area (Å²) in [5.41, 5.74) is 4.80. The maximum atomic E-state index is 12.0. The van der Waals surface area contributed by atoms with E-state index in [2.05, 4.69) is 56.6 Å². The van der Waals surface area contributed by atoms with Gasteiger partial charge in [-0.3, -0.25) is 0 Å². The fraction of sp³-hybridized carbons (Fsp3) is 0.316. The highest BCUT2D eigenvalue weighted by Gasteiger charge is 2.16. The molecule has 2 aromatic carbocycles.